The molecular weight excluding hydrogens is 454 g/mol. The molecule has 0 spiro atoms. The number of rotatable bonds is 8. The van der Waals surface area contributed by atoms with Gasteiger partial charge in [0.25, 0.3) is 0 Å². The normalized spacial score (nSPS) is 14.9. The zero-order valence-corrected chi connectivity index (χ0v) is 21.0. The molecule has 6 nitrogen and oxygen atoms in total. The average Bonchev–Trinajstić information content (AvgIpc) is 3.23. The summed E-state index contributed by atoms with van der Waals surface area (Å²) in [6.45, 7) is 8.35. The Morgan fingerprint density at radius 3 is 2.36 bits per heavy atom. The van der Waals surface area contributed by atoms with Gasteiger partial charge in [-0.15, -0.1) is 0 Å². The summed E-state index contributed by atoms with van der Waals surface area (Å²) in [6.07, 6.45) is 0. The highest BCUT2D eigenvalue weighted by Crippen LogP contribution is 2.35. The van der Waals surface area contributed by atoms with Gasteiger partial charge in [0, 0.05) is 43.2 Å². The van der Waals surface area contributed by atoms with E-state index in [1.807, 2.05) is 75.0 Å². The van der Waals surface area contributed by atoms with Gasteiger partial charge in [0.05, 0.1) is 10.5 Å². The molecule has 1 aliphatic rings. The number of hydrogen-bond donors (Lipinski definition) is 0. The molecule has 8 heteroatoms. The summed E-state index contributed by atoms with van der Waals surface area (Å²) >= 11 is 1.92. The zero-order chi connectivity index (χ0) is 23.4. The van der Waals surface area contributed by atoms with Gasteiger partial charge in [0.15, 0.2) is 0 Å². The molecule has 0 aliphatic carbocycles. The van der Waals surface area contributed by atoms with Crippen molar-refractivity contribution in [2.45, 2.75) is 32.2 Å². The van der Waals surface area contributed by atoms with Gasteiger partial charge in [-0.05, 0) is 25.0 Å². The second kappa shape index (κ2) is 10.3. The number of hydrogen-bond acceptors (Lipinski definition) is 6. The molecular formula is C25H31N3O3S2. The number of sulfonamides is 1. The van der Waals surface area contributed by atoms with Crippen molar-refractivity contribution >= 4 is 27.7 Å². The molecule has 4 rings (SSSR count). The maximum Gasteiger partial charge on any atom is 0.243 e. The van der Waals surface area contributed by atoms with Crippen LogP contribution in [0.25, 0.3) is 11.3 Å². The molecule has 2 heterocycles. The van der Waals surface area contributed by atoms with Crippen molar-refractivity contribution in [2.75, 3.05) is 36.0 Å². The molecule has 0 N–H and O–H groups in total. The highest BCUT2D eigenvalue weighted by molar-refractivity contribution is 7.99. The van der Waals surface area contributed by atoms with Gasteiger partial charge in [0.2, 0.25) is 15.9 Å². The highest BCUT2D eigenvalue weighted by Gasteiger charge is 2.31. The number of anilines is 1. The van der Waals surface area contributed by atoms with Gasteiger partial charge in [0.1, 0.15) is 5.69 Å². The molecule has 0 radical (unpaired) electrons. The van der Waals surface area contributed by atoms with E-state index in [0.717, 1.165) is 41.3 Å². The molecule has 1 fully saturated rings. The Kier molecular flexibility index (Phi) is 7.46. The van der Waals surface area contributed by atoms with Crippen LogP contribution in [0.1, 0.15) is 25.0 Å². The van der Waals surface area contributed by atoms with Gasteiger partial charge in [-0.1, -0.05) is 67.0 Å². The number of aromatic nitrogens is 1. The summed E-state index contributed by atoms with van der Waals surface area (Å²) in [5, 5.41) is 4.42. The van der Waals surface area contributed by atoms with Crippen molar-refractivity contribution in [1.29, 1.82) is 0 Å². The molecule has 0 saturated carbocycles. The third-order valence-electron chi connectivity index (χ3n) is 5.67. The van der Waals surface area contributed by atoms with E-state index in [2.05, 4.69) is 10.1 Å². The van der Waals surface area contributed by atoms with Crippen LogP contribution in [0.5, 0.6) is 0 Å². The SMILES string of the molecule is Cc1ccc(S(=O)(=O)N(Cc2c(-c3ccccc3)noc2N2CCSCC2)CC(C)C)cc1. The lowest BCUT2D eigenvalue weighted by Crippen LogP contribution is -2.36. The number of nitrogens with zero attached hydrogens (tertiary/aromatic N) is 3. The Morgan fingerprint density at radius 1 is 1.06 bits per heavy atom. The first-order chi connectivity index (χ1) is 15.9. The molecule has 0 atom stereocenters. The summed E-state index contributed by atoms with van der Waals surface area (Å²) in [5.74, 6) is 2.87. The first-order valence-corrected chi connectivity index (χ1v) is 13.9. The molecule has 3 aromatic rings. The maximum absolute atomic E-state index is 13.7. The van der Waals surface area contributed by atoms with E-state index >= 15 is 0 Å². The Morgan fingerprint density at radius 2 is 1.73 bits per heavy atom. The van der Waals surface area contributed by atoms with Gasteiger partial charge >= 0.3 is 0 Å². The van der Waals surface area contributed by atoms with Crippen LogP contribution >= 0.6 is 11.8 Å². The largest absolute Gasteiger partial charge is 0.339 e. The monoisotopic (exact) mass is 485 g/mol. The number of benzene rings is 2. The Bertz CT molecular complexity index is 1150. The summed E-state index contributed by atoms with van der Waals surface area (Å²) in [5.41, 5.74) is 3.48. The van der Waals surface area contributed by atoms with Crippen LogP contribution in [-0.4, -0.2) is 49.0 Å². The third kappa shape index (κ3) is 5.45. The maximum atomic E-state index is 13.7. The quantitative estimate of drug-likeness (QED) is 0.445. The molecule has 0 unspecified atom stereocenters. The van der Waals surface area contributed by atoms with Gasteiger partial charge in [-0.25, -0.2) is 8.42 Å². The van der Waals surface area contributed by atoms with E-state index < -0.39 is 10.0 Å². The van der Waals surface area contributed by atoms with Gasteiger partial charge < -0.3 is 9.42 Å². The fourth-order valence-electron chi connectivity index (χ4n) is 3.97. The Hall–Kier alpha value is -2.29. The second-order valence-corrected chi connectivity index (χ2v) is 11.9. The first-order valence-electron chi connectivity index (χ1n) is 11.3. The lowest BCUT2D eigenvalue weighted by molar-refractivity contribution is 0.360. The molecule has 1 aliphatic heterocycles. The van der Waals surface area contributed by atoms with Gasteiger partial charge in [-0.2, -0.15) is 16.1 Å². The fourth-order valence-corrected chi connectivity index (χ4v) is 6.45. The van der Waals surface area contributed by atoms with Crippen molar-refractivity contribution in [3.8, 4) is 11.3 Å². The summed E-state index contributed by atoms with van der Waals surface area (Å²) in [6, 6.07) is 16.9. The minimum absolute atomic E-state index is 0.167. The first kappa shape index (κ1) is 23.9. The fraction of sp³-hybridized carbons (Fsp3) is 0.400. The molecule has 0 amide bonds. The van der Waals surface area contributed by atoms with Gasteiger partial charge in [-0.3, -0.25) is 0 Å². The van der Waals surface area contributed by atoms with Crippen molar-refractivity contribution in [3.05, 3.63) is 65.7 Å². The summed E-state index contributed by atoms with van der Waals surface area (Å²) < 4.78 is 34.8. The van der Waals surface area contributed by atoms with E-state index in [0.29, 0.717) is 23.0 Å². The van der Waals surface area contributed by atoms with Crippen molar-refractivity contribution in [2.24, 2.45) is 5.92 Å². The number of thioether (sulfide) groups is 1. The standard InChI is InChI=1S/C25H31N3O3S2/c1-19(2)17-28(33(29,30)22-11-9-20(3)10-12-22)18-23-24(21-7-5-4-6-8-21)26-31-25(23)27-13-15-32-16-14-27/h4-12,19H,13-18H2,1-3H3. The molecule has 1 aromatic heterocycles. The molecule has 1 saturated heterocycles. The van der Waals surface area contributed by atoms with E-state index in [-0.39, 0.29) is 12.5 Å². The van der Waals surface area contributed by atoms with Crippen LogP contribution in [0.3, 0.4) is 0 Å². The summed E-state index contributed by atoms with van der Waals surface area (Å²) in [7, 11) is -3.69. The van der Waals surface area contributed by atoms with E-state index in [1.165, 1.54) is 0 Å². The van der Waals surface area contributed by atoms with Crippen LogP contribution in [0.4, 0.5) is 5.88 Å². The molecule has 0 bridgehead atoms. The van der Waals surface area contributed by atoms with Crippen LogP contribution in [0, 0.1) is 12.8 Å². The second-order valence-electron chi connectivity index (χ2n) is 8.78. The minimum atomic E-state index is -3.69. The van der Waals surface area contributed by atoms with Crippen molar-refractivity contribution < 1.29 is 12.9 Å². The van der Waals surface area contributed by atoms with Crippen LogP contribution < -0.4 is 4.90 Å². The predicted molar refractivity (Wildman–Crippen MR) is 135 cm³/mol. The number of aryl methyl sites for hydroxylation is 1. The lowest BCUT2D eigenvalue weighted by atomic mass is 10.1. The smallest absolute Gasteiger partial charge is 0.243 e. The summed E-state index contributed by atoms with van der Waals surface area (Å²) in [4.78, 5) is 2.50. The van der Waals surface area contributed by atoms with Crippen LogP contribution in [0.15, 0.2) is 64.0 Å². The Balaban J connectivity index is 1.77. The highest BCUT2D eigenvalue weighted by atomic mass is 32.2. The van der Waals surface area contributed by atoms with Crippen molar-refractivity contribution in [3.63, 3.8) is 0 Å². The zero-order valence-electron chi connectivity index (χ0n) is 19.4. The molecule has 176 valence electrons. The van der Waals surface area contributed by atoms with E-state index in [1.54, 1.807) is 16.4 Å². The topological polar surface area (TPSA) is 66.7 Å². The van der Waals surface area contributed by atoms with Crippen LogP contribution in [-0.2, 0) is 16.6 Å². The average molecular weight is 486 g/mol. The van der Waals surface area contributed by atoms with E-state index in [4.69, 9.17) is 4.52 Å². The molecule has 33 heavy (non-hydrogen) atoms. The lowest BCUT2D eigenvalue weighted by Gasteiger charge is -2.28. The van der Waals surface area contributed by atoms with Crippen LogP contribution in [0.2, 0.25) is 0 Å². The minimum Gasteiger partial charge on any atom is -0.339 e. The molecule has 2 aromatic carbocycles. The van der Waals surface area contributed by atoms with E-state index in [9.17, 15) is 8.42 Å². The Labute approximate surface area is 201 Å². The predicted octanol–water partition coefficient (Wildman–Crippen LogP) is 5.05. The van der Waals surface area contributed by atoms with Crippen molar-refractivity contribution in [1.82, 2.24) is 9.46 Å². The third-order valence-corrected chi connectivity index (χ3v) is 8.44.